The molecule has 1 amide bonds. The fraction of sp³-hybridized carbons (Fsp3) is 0.235. The maximum atomic E-state index is 12.3. The second-order valence-corrected chi connectivity index (χ2v) is 5.57. The molecular formula is C17H16ClNO4. The van der Waals surface area contributed by atoms with E-state index in [0.29, 0.717) is 34.4 Å². The summed E-state index contributed by atoms with van der Waals surface area (Å²) < 4.78 is 15.7. The lowest BCUT2D eigenvalue weighted by atomic mass is 10.1. The number of rotatable bonds is 4. The Morgan fingerprint density at radius 2 is 2.04 bits per heavy atom. The summed E-state index contributed by atoms with van der Waals surface area (Å²) in [5.41, 5.74) is 2.45. The fourth-order valence-corrected chi connectivity index (χ4v) is 2.62. The Morgan fingerprint density at radius 1 is 1.26 bits per heavy atom. The molecule has 1 N–H and O–H groups in total. The van der Waals surface area contributed by atoms with Crippen molar-refractivity contribution in [3.63, 3.8) is 0 Å². The highest BCUT2D eigenvalue weighted by Gasteiger charge is 2.16. The zero-order valence-electron chi connectivity index (χ0n) is 12.8. The van der Waals surface area contributed by atoms with E-state index in [0.717, 1.165) is 11.1 Å². The Kier molecular flexibility index (Phi) is 4.30. The van der Waals surface area contributed by atoms with Crippen LogP contribution in [0.25, 0.3) is 0 Å². The maximum absolute atomic E-state index is 12.3. The Hall–Kier alpha value is -2.40. The molecule has 2 aromatic carbocycles. The summed E-state index contributed by atoms with van der Waals surface area (Å²) in [6.45, 7) is 2.51. The maximum Gasteiger partial charge on any atom is 0.251 e. The second kappa shape index (κ2) is 6.38. The van der Waals surface area contributed by atoms with Gasteiger partial charge in [-0.1, -0.05) is 11.6 Å². The van der Waals surface area contributed by atoms with E-state index in [9.17, 15) is 4.79 Å². The molecule has 6 heteroatoms. The van der Waals surface area contributed by atoms with Crippen molar-refractivity contribution in [3.8, 4) is 17.2 Å². The first kappa shape index (κ1) is 15.5. The van der Waals surface area contributed by atoms with Crippen molar-refractivity contribution in [3.05, 3.63) is 52.0 Å². The summed E-state index contributed by atoms with van der Waals surface area (Å²) in [6, 6.07) is 8.76. The molecule has 3 rings (SSSR count). The van der Waals surface area contributed by atoms with Gasteiger partial charge in [-0.2, -0.15) is 0 Å². The van der Waals surface area contributed by atoms with E-state index in [1.165, 1.54) is 0 Å². The molecule has 0 spiro atoms. The van der Waals surface area contributed by atoms with Crippen molar-refractivity contribution >= 4 is 17.5 Å². The molecule has 2 aromatic rings. The van der Waals surface area contributed by atoms with Crippen LogP contribution in [-0.2, 0) is 6.54 Å². The van der Waals surface area contributed by atoms with Gasteiger partial charge < -0.3 is 19.5 Å². The molecule has 1 aliphatic heterocycles. The Balaban J connectivity index is 1.71. The summed E-state index contributed by atoms with van der Waals surface area (Å²) in [5, 5.41) is 3.40. The van der Waals surface area contributed by atoms with Gasteiger partial charge in [0, 0.05) is 12.1 Å². The van der Waals surface area contributed by atoms with Crippen molar-refractivity contribution in [1.29, 1.82) is 0 Å². The lowest BCUT2D eigenvalue weighted by molar-refractivity contribution is 0.0950. The predicted molar refractivity (Wildman–Crippen MR) is 86.5 cm³/mol. The number of hydrogen-bond donors (Lipinski definition) is 1. The number of halogens is 1. The molecule has 0 saturated heterocycles. The SMILES string of the molecule is COc1cc(C)c(CNC(=O)c2ccc3c(c2)OCO3)cc1Cl. The van der Waals surface area contributed by atoms with Gasteiger partial charge in [0.15, 0.2) is 11.5 Å². The zero-order chi connectivity index (χ0) is 16.4. The molecule has 5 nitrogen and oxygen atoms in total. The highest BCUT2D eigenvalue weighted by atomic mass is 35.5. The van der Waals surface area contributed by atoms with Crippen LogP contribution in [0.1, 0.15) is 21.5 Å². The molecule has 0 saturated carbocycles. The summed E-state index contributed by atoms with van der Waals surface area (Å²) in [4.78, 5) is 12.3. The molecular weight excluding hydrogens is 318 g/mol. The number of amides is 1. The number of hydrogen-bond acceptors (Lipinski definition) is 4. The number of carbonyl (C=O) groups is 1. The number of nitrogens with one attached hydrogen (secondary N) is 1. The molecule has 0 bridgehead atoms. The second-order valence-electron chi connectivity index (χ2n) is 5.16. The normalized spacial score (nSPS) is 12.1. The topological polar surface area (TPSA) is 56.8 Å². The standard InChI is InChI=1S/C17H16ClNO4/c1-10-5-15(21-2)13(18)6-12(10)8-19-17(20)11-3-4-14-16(7-11)23-9-22-14/h3-7H,8-9H2,1-2H3,(H,19,20). The Labute approximate surface area is 139 Å². The largest absolute Gasteiger partial charge is 0.495 e. The highest BCUT2D eigenvalue weighted by molar-refractivity contribution is 6.32. The molecule has 0 unspecified atom stereocenters. The summed E-state index contributed by atoms with van der Waals surface area (Å²) in [6.07, 6.45) is 0. The molecule has 1 heterocycles. The quantitative estimate of drug-likeness (QED) is 0.932. The number of carbonyl (C=O) groups excluding carboxylic acids is 1. The van der Waals surface area contributed by atoms with Gasteiger partial charge in [-0.15, -0.1) is 0 Å². The molecule has 1 aliphatic rings. The van der Waals surface area contributed by atoms with Gasteiger partial charge in [-0.3, -0.25) is 4.79 Å². The number of aryl methyl sites for hydroxylation is 1. The van der Waals surface area contributed by atoms with Crippen LogP contribution in [0.2, 0.25) is 5.02 Å². The van der Waals surface area contributed by atoms with Gasteiger partial charge in [0.25, 0.3) is 5.91 Å². The van der Waals surface area contributed by atoms with Crippen LogP contribution in [0.5, 0.6) is 17.2 Å². The number of ether oxygens (including phenoxy) is 3. The summed E-state index contributed by atoms with van der Waals surface area (Å²) >= 11 is 6.13. The van der Waals surface area contributed by atoms with Gasteiger partial charge in [0.1, 0.15) is 5.75 Å². The monoisotopic (exact) mass is 333 g/mol. The van der Waals surface area contributed by atoms with Crippen molar-refractivity contribution in [2.24, 2.45) is 0 Å². The molecule has 0 aliphatic carbocycles. The first-order chi connectivity index (χ1) is 11.1. The van der Waals surface area contributed by atoms with Gasteiger partial charge in [-0.25, -0.2) is 0 Å². The van der Waals surface area contributed by atoms with Gasteiger partial charge in [0.2, 0.25) is 6.79 Å². The van der Waals surface area contributed by atoms with Gasteiger partial charge >= 0.3 is 0 Å². The van der Waals surface area contributed by atoms with Crippen LogP contribution in [-0.4, -0.2) is 19.8 Å². The van der Waals surface area contributed by atoms with Crippen LogP contribution >= 0.6 is 11.6 Å². The summed E-state index contributed by atoms with van der Waals surface area (Å²) in [7, 11) is 1.57. The van der Waals surface area contributed by atoms with Gasteiger partial charge in [0.05, 0.1) is 12.1 Å². The van der Waals surface area contributed by atoms with Crippen LogP contribution < -0.4 is 19.5 Å². The third kappa shape index (κ3) is 3.19. The van der Waals surface area contributed by atoms with Crippen molar-refractivity contribution < 1.29 is 19.0 Å². The van der Waals surface area contributed by atoms with E-state index in [1.807, 2.05) is 13.0 Å². The molecule has 0 fully saturated rings. The first-order valence-corrected chi connectivity index (χ1v) is 7.47. The van der Waals surface area contributed by atoms with Crippen LogP contribution in [0.4, 0.5) is 0 Å². The van der Waals surface area contributed by atoms with Crippen molar-refractivity contribution in [2.45, 2.75) is 13.5 Å². The van der Waals surface area contributed by atoms with E-state index in [2.05, 4.69) is 5.32 Å². The molecule has 23 heavy (non-hydrogen) atoms. The lowest BCUT2D eigenvalue weighted by Gasteiger charge is -2.11. The van der Waals surface area contributed by atoms with Gasteiger partial charge in [-0.05, 0) is 48.4 Å². The van der Waals surface area contributed by atoms with E-state index in [1.54, 1.807) is 31.4 Å². The van der Waals surface area contributed by atoms with E-state index in [4.69, 9.17) is 25.8 Å². The van der Waals surface area contributed by atoms with Crippen molar-refractivity contribution in [2.75, 3.05) is 13.9 Å². The lowest BCUT2D eigenvalue weighted by Crippen LogP contribution is -2.23. The van der Waals surface area contributed by atoms with E-state index < -0.39 is 0 Å². The molecule has 0 atom stereocenters. The van der Waals surface area contributed by atoms with Crippen molar-refractivity contribution in [1.82, 2.24) is 5.32 Å². The summed E-state index contributed by atoms with van der Waals surface area (Å²) in [5.74, 6) is 1.67. The highest BCUT2D eigenvalue weighted by Crippen LogP contribution is 2.32. The van der Waals surface area contributed by atoms with E-state index in [-0.39, 0.29) is 12.7 Å². The van der Waals surface area contributed by atoms with E-state index >= 15 is 0 Å². The molecule has 120 valence electrons. The number of methoxy groups -OCH3 is 1. The first-order valence-electron chi connectivity index (χ1n) is 7.09. The Bertz CT molecular complexity index is 760. The molecule has 0 radical (unpaired) electrons. The molecule has 0 aromatic heterocycles. The third-order valence-electron chi connectivity index (χ3n) is 3.68. The minimum Gasteiger partial charge on any atom is -0.495 e. The number of fused-ring (bicyclic) bond motifs is 1. The Morgan fingerprint density at radius 3 is 2.83 bits per heavy atom. The minimum atomic E-state index is -0.186. The van der Waals surface area contributed by atoms with Crippen LogP contribution in [0.3, 0.4) is 0 Å². The predicted octanol–water partition coefficient (Wildman–Crippen LogP) is 3.32. The third-order valence-corrected chi connectivity index (χ3v) is 3.98. The average molecular weight is 334 g/mol. The average Bonchev–Trinajstić information content (AvgIpc) is 3.02. The van der Waals surface area contributed by atoms with Crippen LogP contribution in [0.15, 0.2) is 30.3 Å². The smallest absolute Gasteiger partial charge is 0.251 e. The number of benzene rings is 2. The minimum absolute atomic E-state index is 0.184. The fourth-order valence-electron chi connectivity index (χ4n) is 2.36. The zero-order valence-corrected chi connectivity index (χ0v) is 13.6. The van der Waals surface area contributed by atoms with Crippen LogP contribution in [0, 0.1) is 6.92 Å².